The molecule has 1 aliphatic rings. The van der Waals surface area contributed by atoms with Crippen LogP contribution in [0.25, 0.3) is 0 Å². The Balaban J connectivity index is 1.95. The highest BCUT2D eigenvalue weighted by Gasteiger charge is 2.43. The van der Waals surface area contributed by atoms with Crippen LogP contribution in [0.3, 0.4) is 0 Å². The summed E-state index contributed by atoms with van der Waals surface area (Å²) in [5.41, 5.74) is 1.39. The average molecular weight is 301 g/mol. The Labute approximate surface area is 126 Å². The average Bonchev–Trinajstić information content (AvgIpc) is 2.98. The molecule has 3 rings (SSSR count). The monoisotopic (exact) mass is 301 g/mol. The van der Waals surface area contributed by atoms with Crippen molar-refractivity contribution in [1.29, 1.82) is 0 Å². The number of para-hydroxylation sites is 1. The zero-order valence-corrected chi connectivity index (χ0v) is 12.6. The quantitative estimate of drug-likeness (QED) is 0.946. The van der Waals surface area contributed by atoms with Crippen molar-refractivity contribution in [2.75, 3.05) is 4.90 Å². The number of hydrogen-bond acceptors (Lipinski definition) is 3. The third-order valence-corrected chi connectivity index (χ3v) is 4.89. The van der Waals surface area contributed by atoms with Crippen LogP contribution >= 0.6 is 11.3 Å². The van der Waals surface area contributed by atoms with Crippen molar-refractivity contribution in [3.8, 4) is 0 Å². The van der Waals surface area contributed by atoms with E-state index >= 15 is 0 Å². The van der Waals surface area contributed by atoms with Crippen LogP contribution in [-0.2, 0) is 16.8 Å². The van der Waals surface area contributed by atoms with Crippen molar-refractivity contribution >= 4 is 28.9 Å². The molecule has 0 spiro atoms. The molecule has 5 heteroatoms. The van der Waals surface area contributed by atoms with Gasteiger partial charge in [0.2, 0.25) is 5.91 Å². The maximum atomic E-state index is 12.6. The summed E-state index contributed by atoms with van der Waals surface area (Å²) in [5, 5.41) is 8.98. The molecule has 0 unspecified atom stereocenters. The summed E-state index contributed by atoms with van der Waals surface area (Å²) >= 11 is 1.21. The first-order valence-electron chi connectivity index (χ1n) is 6.65. The summed E-state index contributed by atoms with van der Waals surface area (Å²) in [4.78, 5) is 26.5. The Morgan fingerprint density at radius 3 is 2.62 bits per heavy atom. The van der Waals surface area contributed by atoms with Crippen molar-refractivity contribution in [2.45, 2.75) is 25.8 Å². The first-order chi connectivity index (χ1) is 9.91. The predicted octanol–water partition coefficient (Wildman–Crippen LogP) is 3.27. The van der Waals surface area contributed by atoms with E-state index < -0.39 is 11.4 Å². The Bertz CT molecular complexity index is 733. The highest BCUT2D eigenvalue weighted by Crippen LogP contribution is 2.42. The van der Waals surface area contributed by atoms with E-state index in [-0.39, 0.29) is 5.91 Å². The Morgan fingerprint density at radius 1 is 1.24 bits per heavy atom. The SMILES string of the molecule is CC1(C)C(=O)N(Cc2ccc(C(=O)O)s2)c2ccccc21. The number of fused-ring (bicyclic) bond motifs is 1. The first kappa shape index (κ1) is 13.8. The predicted molar refractivity (Wildman–Crippen MR) is 81.9 cm³/mol. The summed E-state index contributed by atoms with van der Waals surface area (Å²) in [6, 6.07) is 11.1. The van der Waals surface area contributed by atoms with Crippen molar-refractivity contribution in [3.63, 3.8) is 0 Å². The summed E-state index contributed by atoms with van der Waals surface area (Å²) in [7, 11) is 0. The summed E-state index contributed by atoms with van der Waals surface area (Å²) in [6.07, 6.45) is 0. The van der Waals surface area contributed by atoms with Gasteiger partial charge in [0.05, 0.1) is 12.0 Å². The molecule has 1 aliphatic heterocycles. The lowest BCUT2D eigenvalue weighted by atomic mass is 9.86. The van der Waals surface area contributed by atoms with Gasteiger partial charge in [-0.2, -0.15) is 0 Å². The van der Waals surface area contributed by atoms with Gasteiger partial charge in [0.25, 0.3) is 0 Å². The summed E-state index contributed by atoms with van der Waals surface area (Å²) in [5.74, 6) is -0.881. The lowest BCUT2D eigenvalue weighted by molar-refractivity contribution is -0.122. The number of hydrogen-bond donors (Lipinski definition) is 1. The molecular formula is C16H15NO3S. The van der Waals surface area contributed by atoms with E-state index in [1.165, 1.54) is 11.3 Å². The minimum absolute atomic E-state index is 0.0500. The molecule has 1 aromatic heterocycles. The summed E-state index contributed by atoms with van der Waals surface area (Å²) in [6.45, 7) is 4.26. The van der Waals surface area contributed by atoms with Crippen LogP contribution in [0, 0.1) is 0 Å². The van der Waals surface area contributed by atoms with E-state index in [0.29, 0.717) is 11.4 Å². The molecular weight excluding hydrogens is 286 g/mol. The third kappa shape index (κ3) is 2.14. The van der Waals surface area contributed by atoms with E-state index in [2.05, 4.69) is 0 Å². The topological polar surface area (TPSA) is 57.6 Å². The molecule has 1 aromatic carbocycles. The Hall–Kier alpha value is -2.14. The van der Waals surface area contributed by atoms with E-state index in [1.54, 1.807) is 17.0 Å². The molecule has 1 amide bonds. The number of carboxylic acids is 1. The van der Waals surface area contributed by atoms with Gasteiger partial charge in [-0.05, 0) is 37.6 Å². The molecule has 0 aliphatic carbocycles. The first-order valence-corrected chi connectivity index (χ1v) is 7.46. The fraction of sp³-hybridized carbons (Fsp3) is 0.250. The number of amides is 1. The zero-order chi connectivity index (χ0) is 15.2. The molecule has 2 heterocycles. The molecule has 0 bridgehead atoms. The van der Waals surface area contributed by atoms with Gasteiger partial charge < -0.3 is 10.0 Å². The number of anilines is 1. The second kappa shape index (κ2) is 4.70. The van der Waals surface area contributed by atoms with Crippen molar-refractivity contribution in [3.05, 3.63) is 51.7 Å². The van der Waals surface area contributed by atoms with Crippen LogP contribution in [0.2, 0.25) is 0 Å². The number of thiophene rings is 1. The number of carbonyl (C=O) groups excluding carboxylic acids is 1. The number of nitrogens with zero attached hydrogens (tertiary/aromatic N) is 1. The van der Waals surface area contributed by atoms with Gasteiger partial charge in [0.15, 0.2) is 0 Å². The van der Waals surface area contributed by atoms with Gasteiger partial charge in [-0.1, -0.05) is 18.2 Å². The molecule has 0 saturated carbocycles. The Morgan fingerprint density at radius 2 is 1.95 bits per heavy atom. The number of carboxylic acid groups (broad SMARTS) is 1. The lowest BCUT2D eigenvalue weighted by Gasteiger charge is -2.19. The highest BCUT2D eigenvalue weighted by atomic mass is 32.1. The zero-order valence-electron chi connectivity index (χ0n) is 11.8. The minimum Gasteiger partial charge on any atom is -0.477 e. The number of rotatable bonds is 3. The number of aromatic carboxylic acids is 1. The number of carbonyl (C=O) groups is 2. The normalized spacial score (nSPS) is 16.1. The standard InChI is InChI=1S/C16H15NO3S/c1-16(2)11-5-3-4-6-12(11)17(15(16)20)9-10-7-8-13(21-10)14(18)19/h3-8H,9H2,1-2H3,(H,18,19). The summed E-state index contributed by atoms with van der Waals surface area (Å²) < 4.78 is 0. The van der Waals surface area contributed by atoms with Crippen molar-refractivity contribution < 1.29 is 14.7 Å². The van der Waals surface area contributed by atoms with Crippen LogP contribution in [-0.4, -0.2) is 17.0 Å². The fourth-order valence-electron chi connectivity index (χ4n) is 2.69. The Kier molecular flexibility index (Phi) is 3.10. The maximum absolute atomic E-state index is 12.6. The number of benzene rings is 1. The van der Waals surface area contributed by atoms with Gasteiger partial charge in [-0.25, -0.2) is 4.79 Å². The molecule has 0 radical (unpaired) electrons. The molecule has 1 N–H and O–H groups in total. The van der Waals surface area contributed by atoms with Crippen LogP contribution in [0.4, 0.5) is 5.69 Å². The van der Waals surface area contributed by atoms with Gasteiger partial charge >= 0.3 is 5.97 Å². The van der Waals surface area contributed by atoms with Crippen LogP contribution in [0.1, 0.15) is 34.0 Å². The molecule has 0 atom stereocenters. The van der Waals surface area contributed by atoms with Crippen LogP contribution < -0.4 is 4.90 Å². The second-order valence-corrected chi connectivity index (χ2v) is 6.77. The maximum Gasteiger partial charge on any atom is 0.345 e. The molecule has 2 aromatic rings. The van der Waals surface area contributed by atoms with E-state index in [9.17, 15) is 9.59 Å². The highest BCUT2D eigenvalue weighted by molar-refractivity contribution is 7.13. The third-order valence-electron chi connectivity index (χ3n) is 3.83. The largest absolute Gasteiger partial charge is 0.477 e. The molecule has 108 valence electrons. The molecule has 4 nitrogen and oxygen atoms in total. The van der Waals surface area contributed by atoms with Gasteiger partial charge in [0, 0.05) is 10.6 Å². The minimum atomic E-state index is -0.931. The lowest BCUT2D eigenvalue weighted by Crippen LogP contribution is -2.35. The molecule has 0 fully saturated rings. The molecule has 21 heavy (non-hydrogen) atoms. The van der Waals surface area contributed by atoms with Gasteiger partial charge in [-0.15, -0.1) is 11.3 Å². The van der Waals surface area contributed by atoms with E-state index in [4.69, 9.17) is 5.11 Å². The van der Waals surface area contributed by atoms with Gasteiger partial charge in [0.1, 0.15) is 4.88 Å². The van der Waals surface area contributed by atoms with Crippen LogP contribution in [0.5, 0.6) is 0 Å². The van der Waals surface area contributed by atoms with Crippen molar-refractivity contribution in [1.82, 2.24) is 0 Å². The van der Waals surface area contributed by atoms with Gasteiger partial charge in [-0.3, -0.25) is 4.79 Å². The second-order valence-electron chi connectivity index (χ2n) is 5.60. The van der Waals surface area contributed by atoms with Crippen LogP contribution in [0.15, 0.2) is 36.4 Å². The van der Waals surface area contributed by atoms with Crippen molar-refractivity contribution in [2.24, 2.45) is 0 Å². The fourth-order valence-corrected chi connectivity index (χ4v) is 3.53. The van der Waals surface area contributed by atoms with E-state index in [1.807, 2.05) is 38.1 Å². The van der Waals surface area contributed by atoms with E-state index in [0.717, 1.165) is 16.1 Å². The molecule has 0 saturated heterocycles. The smallest absolute Gasteiger partial charge is 0.345 e.